The predicted molar refractivity (Wildman–Crippen MR) is 75.2 cm³/mol. The zero-order valence-corrected chi connectivity index (χ0v) is 12.5. The smallest absolute Gasteiger partial charge is 0.130 e. The van der Waals surface area contributed by atoms with Crippen LogP contribution >= 0.6 is 11.6 Å². The lowest BCUT2D eigenvalue weighted by Gasteiger charge is -2.16. The van der Waals surface area contributed by atoms with Crippen LogP contribution in [0.25, 0.3) is 0 Å². The summed E-state index contributed by atoms with van der Waals surface area (Å²) in [6.45, 7) is 5.65. The second-order valence-corrected chi connectivity index (χ2v) is 4.87. The van der Waals surface area contributed by atoms with E-state index in [0.29, 0.717) is 6.04 Å². The topological polar surface area (TPSA) is 39.1 Å². The minimum atomic E-state index is 0.422. The van der Waals surface area contributed by atoms with Gasteiger partial charge < -0.3 is 10.1 Å². The number of rotatable bonds is 8. The number of nitrogens with one attached hydrogen (secondary N) is 1. The molecular weight excluding hydrogens is 250 g/mol. The molecule has 18 heavy (non-hydrogen) atoms. The average molecular weight is 274 g/mol. The zero-order valence-electron chi connectivity index (χ0n) is 11.8. The fourth-order valence-corrected chi connectivity index (χ4v) is 2.33. The summed E-state index contributed by atoms with van der Waals surface area (Å²) in [7, 11) is 3.87. The molecule has 0 aromatic carbocycles. The highest BCUT2D eigenvalue weighted by molar-refractivity contribution is 6.30. The Labute approximate surface area is 115 Å². The van der Waals surface area contributed by atoms with Gasteiger partial charge in [0.25, 0.3) is 0 Å². The third kappa shape index (κ3) is 4.26. The molecule has 0 saturated heterocycles. The van der Waals surface area contributed by atoms with Gasteiger partial charge in [-0.15, -0.1) is 0 Å². The molecule has 0 aliphatic rings. The Hall–Kier alpha value is -0.580. The third-order valence-electron chi connectivity index (χ3n) is 3.17. The van der Waals surface area contributed by atoms with Crippen molar-refractivity contribution >= 4 is 11.6 Å². The molecule has 104 valence electrons. The fourth-order valence-electron chi connectivity index (χ4n) is 2.08. The normalized spacial score (nSPS) is 12.9. The number of aryl methyl sites for hydroxylation is 2. The van der Waals surface area contributed by atoms with E-state index in [1.165, 1.54) is 0 Å². The van der Waals surface area contributed by atoms with Gasteiger partial charge in [-0.25, -0.2) is 0 Å². The van der Waals surface area contributed by atoms with Crippen molar-refractivity contribution in [3.63, 3.8) is 0 Å². The minimum Gasteiger partial charge on any atom is -0.382 e. The van der Waals surface area contributed by atoms with E-state index in [9.17, 15) is 0 Å². The molecule has 1 heterocycles. The molecule has 0 saturated carbocycles. The monoisotopic (exact) mass is 273 g/mol. The average Bonchev–Trinajstić information content (AvgIpc) is 2.59. The molecule has 0 bridgehead atoms. The first kappa shape index (κ1) is 15.5. The van der Waals surface area contributed by atoms with Crippen LogP contribution in [0.1, 0.15) is 31.0 Å². The molecule has 1 rings (SSSR count). The summed E-state index contributed by atoms with van der Waals surface area (Å²) in [5.74, 6) is 0. The van der Waals surface area contributed by atoms with E-state index in [4.69, 9.17) is 16.3 Å². The Morgan fingerprint density at radius 2 is 2.22 bits per heavy atom. The number of likely N-dealkylation sites (N-methyl/N-ethyl adjacent to an activating group) is 1. The van der Waals surface area contributed by atoms with Crippen molar-refractivity contribution < 1.29 is 4.74 Å². The molecular formula is C13H24ClN3O. The van der Waals surface area contributed by atoms with Crippen LogP contribution in [0.3, 0.4) is 0 Å². The molecule has 0 aliphatic heterocycles. The second-order valence-electron chi connectivity index (χ2n) is 4.51. The maximum atomic E-state index is 6.25. The SMILES string of the molecule is CCOCCCC(Cc1c(C)nn(C)c1Cl)NC. The summed E-state index contributed by atoms with van der Waals surface area (Å²) in [6.07, 6.45) is 3.07. The lowest BCUT2D eigenvalue weighted by Crippen LogP contribution is -2.28. The van der Waals surface area contributed by atoms with Gasteiger partial charge >= 0.3 is 0 Å². The van der Waals surface area contributed by atoms with E-state index >= 15 is 0 Å². The highest BCUT2D eigenvalue weighted by atomic mass is 35.5. The van der Waals surface area contributed by atoms with E-state index in [2.05, 4.69) is 10.4 Å². The number of ether oxygens (including phenoxy) is 1. The highest BCUT2D eigenvalue weighted by Crippen LogP contribution is 2.21. The number of nitrogens with zero attached hydrogens (tertiary/aromatic N) is 2. The van der Waals surface area contributed by atoms with Gasteiger partial charge in [0.2, 0.25) is 0 Å². The van der Waals surface area contributed by atoms with Crippen molar-refractivity contribution in [1.82, 2.24) is 15.1 Å². The molecule has 5 heteroatoms. The van der Waals surface area contributed by atoms with E-state index in [0.717, 1.165) is 48.9 Å². The lowest BCUT2D eigenvalue weighted by molar-refractivity contribution is 0.141. The summed E-state index contributed by atoms with van der Waals surface area (Å²) in [5.41, 5.74) is 2.17. The van der Waals surface area contributed by atoms with E-state index < -0.39 is 0 Å². The van der Waals surface area contributed by atoms with E-state index in [1.807, 2.05) is 27.9 Å². The van der Waals surface area contributed by atoms with Crippen LogP contribution in [0, 0.1) is 6.92 Å². The van der Waals surface area contributed by atoms with Crippen molar-refractivity contribution in [2.75, 3.05) is 20.3 Å². The number of hydrogen-bond donors (Lipinski definition) is 1. The van der Waals surface area contributed by atoms with Crippen molar-refractivity contribution in [1.29, 1.82) is 0 Å². The van der Waals surface area contributed by atoms with Gasteiger partial charge in [-0.05, 0) is 40.2 Å². The standard InChI is InChI=1S/C13H24ClN3O/c1-5-18-8-6-7-11(15-3)9-12-10(2)16-17(4)13(12)14/h11,15H,5-9H2,1-4H3. The maximum absolute atomic E-state index is 6.25. The Morgan fingerprint density at radius 3 is 2.72 bits per heavy atom. The summed E-state index contributed by atoms with van der Waals surface area (Å²) >= 11 is 6.25. The van der Waals surface area contributed by atoms with Crippen molar-refractivity contribution in [2.24, 2.45) is 7.05 Å². The molecule has 1 aromatic heterocycles. The lowest BCUT2D eigenvalue weighted by atomic mass is 10.0. The quantitative estimate of drug-likeness (QED) is 0.739. The van der Waals surface area contributed by atoms with Gasteiger partial charge in [0.1, 0.15) is 5.15 Å². The van der Waals surface area contributed by atoms with Crippen LogP contribution in [-0.2, 0) is 18.2 Å². The zero-order chi connectivity index (χ0) is 13.5. The van der Waals surface area contributed by atoms with E-state index in [-0.39, 0.29) is 0 Å². The Bertz CT molecular complexity index is 365. The summed E-state index contributed by atoms with van der Waals surface area (Å²) in [4.78, 5) is 0. The first-order valence-corrected chi connectivity index (χ1v) is 6.90. The molecule has 1 N–H and O–H groups in total. The fraction of sp³-hybridized carbons (Fsp3) is 0.769. The van der Waals surface area contributed by atoms with Crippen molar-refractivity contribution in [3.05, 3.63) is 16.4 Å². The molecule has 0 fully saturated rings. The Balaban J connectivity index is 2.51. The predicted octanol–water partition coefficient (Wildman–Crippen LogP) is 2.33. The van der Waals surface area contributed by atoms with Crippen LogP contribution in [0.5, 0.6) is 0 Å². The van der Waals surface area contributed by atoms with Crippen LogP contribution in [0.15, 0.2) is 0 Å². The van der Waals surface area contributed by atoms with Crippen LogP contribution in [-0.4, -0.2) is 36.1 Å². The largest absolute Gasteiger partial charge is 0.382 e. The van der Waals surface area contributed by atoms with Gasteiger partial charge in [-0.3, -0.25) is 4.68 Å². The Morgan fingerprint density at radius 1 is 1.50 bits per heavy atom. The van der Waals surface area contributed by atoms with Crippen LogP contribution in [0.2, 0.25) is 5.15 Å². The maximum Gasteiger partial charge on any atom is 0.130 e. The molecule has 0 radical (unpaired) electrons. The molecule has 0 spiro atoms. The van der Waals surface area contributed by atoms with Crippen LogP contribution < -0.4 is 5.32 Å². The molecule has 0 aliphatic carbocycles. The first-order valence-electron chi connectivity index (χ1n) is 6.53. The first-order chi connectivity index (χ1) is 8.60. The molecule has 1 unspecified atom stereocenters. The second kappa shape index (κ2) is 7.77. The third-order valence-corrected chi connectivity index (χ3v) is 3.65. The molecule has 4 nitrogen and oxygen atoms in total. The number of aromatic nitrogens is 2. The molecule has 1 atom stereocenters. The number of hydrogen-bond acceptors (Lipinski definition) is 3. The Kier molecular flexibility index (Phi) is 6.68. The van der Waals surface area contributed by atoms with Gasteiger partial charge in [0.05, 0.1) is 5.69 Å². The summed E-state index contributed by atoms with van der Waals surface area (Å²) in [5, 5.41) is 8.43. The minimum absolute atomic E-state index is 0.422. The molecule has 1 aromatic rings. The number of halogens is 1. The van der Waals surface area contributed by atoms with Gasteiger partial charge in [-0.1, -0.05) is 11.6 Å². The van der Waals surface area contributed by atoms with Crippen molar-refractivity contribution in [3.8, 4) is 0 Å². The van der Waals surface area contributed by atoms with Crippen LogP contribution in [0.4, 0.5) is 0 Å². The molecule has 0 amide bonds. The van der Waals surface area contributed by atoms with Gasteiger partial charge in [0.15, 0.2) is 0 Å². The van der Waals surface area contributed by atoms with Crippen molar-refractivity contribution in [2.45, 2.75) is 39.2 Å². The van der Waals surface area contributed by atoms with Gasteiger partial charge in [-0.2, -0.15) is 5.10 Å². The summed E-state index contributed by atoms with van der Waals surface area (Å²) < 4.78 is 7.10. The van der Waals surface area contributed by atoms with E-state index in [1.54, 1.807) is 4.68 Å². The van der Waals surface area contributed by atoms with Gasteiger partial charge in [0, 0.05) is 31.9 Å². The highest BCUT2D eigenvalue weighted by Gasteiger charge is 2.15. The summed E-state index contributed by atoms with van der Waals surface area (Å²) in [6, 6.07) is 0.422.